The van der Waals surface area contributed by atoms with Crippen LogP contribution in [0.25, 0.3) is 11.1 Å². The third kappa shape index (κ3) is 41.1. The van der Waals surface area contributed by atoms with Gasteiger partial charge in [0, 0.05) is 85.6 Å². The first-order chi connectivity index (χ1) is 41.9. The van der Waals surface area contributed by atoms with Gasteiger partial charge in [-0.15, -0.1) is 0 Å². The predicted octanol–water partition coefficient (Wildman–Crippen LogP) is 7.98. The zero-order valence-electron chi connectivity index (χ0n) is 54.1. The van der Waals surface area contributed by atoms with Gasteiger partial charge in [-0.25, -0.2) is 66.2 Å². The van der Waals surface area contributed by atoms with Crippen LogP contribution in [0.1, 0.15) is 172 Å². The minimum atomic E-state index is -5.74. The smallest absolute Gasteiger partial charge is 0.330 e. The quantitative estimate of drug-likeness (QED) is 0.0132. The van der Waals surface area contributed by atoms with E-state index in [0.29, 0.717) is 32.1 Å². The fourth-order valence-corrected chi connectivity index (χ4v) is 10.5. The number of halogens is 5. The summed E-state index contributed by atoms with van der Waals surface area (Å²) in [6, 6.07) is 44.6. The Morgan fingerprint density at radius 3 is 0.837 bits per heavy atom. The predicted molar refractivity (Wildman–Crippen MR) is 397 cm³/mol. The van der Waals surface area contributed by atoms with E-state index >= 15 is 0 Å². The summed E-state index contributed by atoms with van der Waals surface area (Å²) in [5.74, 6) is 0.988. The fourth-order valence-electron chi connectivity index (χ4n) is 6.64. The zero-order chi connectivity index (χ0) is 70.7. The summed E-state index contributed by atoms with van der Waals surface area (Å²) in [6.45, 7) is 29.0. The standard InChI is InChI=1S/C24H36N2O4S2.C12H18INO2S.C12H19NO2S.C9H13N.C3H7ClO2S.CH4.I2.HIO6.2H2/c1-17(2)31(27,28)25-15-19(5)21-7-11-23(12-8-21)24-13-9-22(10-14-24)20(6)16-26-32(29,30)18(3)4;1-9(2)17(15,16)14-8-10(3)11-4-6-12(13)7-5-11;1-10(2)16(14,15)13-9-11(3)12-7-5-4-6-8-12;1-8(7-10)9-5-3-2-4-6-9;1-3(2)7(4,5)6;;1-2;2-1(3,4)6-7-5;;/h7-14,17-20,25-26H,15-16H2,1-6H3;4-7,9-10,14H,8H2,1-3H3;4-8,10-11,13H,9H2,1-3H3;2-6,8H,7,10H2,1H3;3H,1-2H3;1H4;;5H;2*1H/t19-,20-;10-;11-;8-;;;;;;/m0000....../s1. The van der Waals surface area contributed by atoms with Crippen LogP contribution in [0.2, 0.25) is 0 Å². The molecule has 0 aliphatic carbocycles. The topological polar surface area (TPSA) is 353 Å². The molecule has 0 saturated carbocycles. The van der Waals surface area contributed by atoms with Gasteiger partial charge in [-0.1, -0.05) is 163 Å². The third-order valence-electron chi connectivity index (χ3n) is 13.3. The molecule has 5 aromatic carbocycles. The van der Waals surface area contributed by atoms with Gasteiger partial charge in [-0.2, -0.15) is 0 Å². The number of nitrogens with two attached hydrogens (primary N) is 1. The molecule has 0 bridgehead atoms. The maximum absolute atomic E-state index is 12.0. The molecule has 7 N–H and O–H groups in total. The summed E-state index contributed by atoms with van der Waals surface area (Å²) in [5, 5.41) is 7.56. The van der Waals surface area contributed by atoms with Gasteiger partial charge in [0.2, 0.25) is 52.4 Å². The van der Waals surface area contributed by atoms with Crippen LogP contribution >= 0.6 is 70.5 Å². The van der Waals surface area contributed by atoms with Crippen molar-refractivity contribution < 1.29 is 88.9 Å². The minimum Gasteiger partial charge on any atom is -0.330 e. The first-order valence-electron chi connectivity index (χ1n) is 28.6. The highest BCUT2D eigenvalue weighted by Crippen LogP contribution is 2.26. The normalized spacial score (nSPS) is 13.4. The molecular weight excluding hydrogens is 1760 g/mol. The molecule has 0 aliphatic heterocycles. The van der Waals surface area contributed by atoms with Crippen molar-refractivity contribution in [2.45, 2.75) is 167 Å². The van der Waals surface area contributed by atoms with Crippen molar-refractivity contribution in [3.05, 3.63) is 165 Å². The van der Waals surface area contributed by atoms with Crippen LogP contribution < -0.4 is 55.0 Å². The van der Waals surface area contributed by atoms with E-state index < -0.39 is 85.0 Å². The van der Waals surface area contributed by atoms with E-state index in [4.69, 9.17) is 21.7 Å². The Balaban J connectivity index is -0.000000364. The Morgan fingerprint density at radius 1 is 0.435 bits per heavy atom. The summed E-state index contributed by atoms with van der Waals surface area (Å²) < 4.78 is 157. The van der Waals surface area contributed by atoms with Gasteiger partial charge in [0.25, 0.3) is 0 Å². The molecule has 5 aromatic rings. The molecule has 0 fully saturated rings. The Labute approximate surface area is 602 Å². The van der Waals surface area contributed by atoms with E-state index in [-0.39, 0.29) is 44.5 Å². The number of sulfonamides is 4. The van der Waals surface area contributed by atoms with Crippen LogP contribution in [0.3, 0.4) is 0 Å². The highest BCUT2D eigenvalue weighted by Gasteiger charge is 2.29. The van der Waals surface area contributed by atoms with Crippen molar-refractivity contribution in [3.8, 4) is 11.1 Å². The molecule has 532 valence electrons. The molecule has 92 heavy (non-hydrogen) atoms. The van der Waals surface area contributed by atoms with Crippen molar-refractivity contribution >= 4 is 120 Å². The van der Waals surface area contributed by atoms with E-state index in [1.807, 2.05) is 149 Å². The van der Waals surface area contributed by atoms with Gasteiger partial charge in [0.05, 0.1) is 26.2 Å². The fraction of sp³-hybridized carbons (Fsp3) is 0.508. The van der Waals surface area contributed by atoms with Gasteiger partial charge in [0.15, 0.2) is 0 Å². The Morgan fingerprint density at radius 2 is 0.652 bits per heavy atom. The number of hydrogen-bond donors (Lipinski definition) is 6. The summed E-state index contributed by atoms with van der Waals surface area (Å²) in [4.78, 5) is 0. The maximum Gasteiger partial charge on any atom is 0.426 e. The van der Waals surface area contributed by atoms with Crippen LogP contribution in [0.4, 0.5) is 0 Å². The van der Waals surface area contributed by atoms with Crippen LogP contribution in [0.5, 0.6) is 0 Å². The van der Waals surface area contributed by atoms with Crippen molar-refractivity contribution in [2.24, 2.45) is 5.73 Å². The lowest BCUT2D eigenvalue weighted by Crippen LogP contribution is -4.24. The second-order valence-corrected chi connectivity index (χ2v) is 38.4. The molecular formula is C61H102ClI4N5O16S5. The Bertz CT molecular complexity index is 3270. The second kappa shape index (κ2) is 47.6. The van der Waals surface area contributed by atoms with Gasteiger partial charge < -0.3 is 5.73 Å². The molecule has 31 heteroatoms. The maximum atomic E-state index is 12.0. The van der Waals surface area contributed by atoms with Crippen molar-refractivity contribution in [1.82, 2.24) is 18.9 Å². The zero-order valence-corrected chi connectivity index (χ0v) is 67.6. The lowest BCUT2D eigenvalue weighted by molar-refractivity contribution is -1.93. The van der Waals surface area contributed by atoms with Crippen molar-refractivity contribution in [1.29, 1.82) is 0 Å². The minimum absolute atomic E-state index is 0. The Hall–Kier alpha value is -1.38. The van der Waals surface area contributed by atoms with Gasteiger partial charge >= 0.3 is 20.1 Å². The number of nitrogens with one attached hydrogen (secondary N) is 4. The van der Waals surface area contributed by atoms with E-state index in [1.54, 1.807) is 55.4 Å². The summed E-state index contributed by atoms with van der Waals surface area (Å²) >= 11 is 0.754. The first-order valence-corrected chi connectivity index (χ1v) is 48.1. The highest BCUT2D eigenvalue weighted by atomic mass is 128. The van der Waals surface area contributed by atoms with Crippen LogP contribution in [0.15, 0.2) is 133 Å². The number of benzene rings is 5. The van der Waals surface area contributed by atoms with E-state index in [9.17, 15) is 52.4 Å². The largest absolute Gasteiger partial charge is 0.426 e. The molecule has 5 atom stereocenters. The molecule has 0 unspecified atom stereocenters. The van der Waals surface area contributed by atoms with Crippen molar-refractivity contribution in [3.63, 3.8) is 0 Å². The lowest BCUT2D eigenvalue weighted by Gasteiger charge is -2.16. The first kappa shape index (κ1) is 94.8. The molecule has 0 heterocycles. The molecule has 0 saturated heterocycles. The summed E-state index contributed by atoms with van der Waals surface area (Å²) in [7, 11) is -11.3. The number of hydrogen-bond acceptors (Lipinski definition) is 17. The lowest BCUT2D eigenvalue weighted by atomic mass is 9.95. The average molecular weight is 1860 g/mol. The van der Waals surface area contributed by atoms with Crippen LogP contribution in [0, 0.1) is 3.57 Å². The van der Waals surface area contributed by atoms with Crippen molar-refractivity contribution in [2.75, 3.05) is 32.7 Å². The number of rotatable bonds is 26. The van der Waals surface area contributed by atoms with E-state index in [0.717, 1.165) is 39.9 Å². The summed E-state index contributed by atoms with van der Waals surface area (Å²) in [6.07, 6.45) is 0. The van der Waals surface area contributed by atoms with Gasteiger partial charge in [-0.05, 0) is 179 Å². The second-order valence-electron chi connectivity index (χ2n) is 22.2. The molecule has 0 radical (unpaired) electrons. The molecule has 0 aliphatic rings. The van der Waals surface area contributed by atoms with E-state index in [1.165, 1.54) is 23.0 Å². The van der Waals surface area contributed by atoms with Crippen LogP contribution in [-0.4, -0.2) is 106 Å². The molecule has 5 rings (SSSR count). The average Bonchev–Trinajstić information content (AvgIpc) is 0.880. The highest BCUT2D eigenvalue weighted by molar-refractivity contribution is 15.0. The molecule has 0 spiro atoms. The monoisotopic (exact) mass is 1860 g/mol. The third-order valence-corrected chi connectivity index (χ3v) is 24.1. The molecule has 0 amide bonds. The molecule has 21 nitrogen and oxygen atoms in total. The van der Waals surface area contributed by atoms with Crippen LogP contribution in [-0.2, 0) is 57.4 Å². The summed E-state index contributed by atoms with van der Waals surface area (Å²) in [5.41, 5.74) is 13.4. The Kier molecular flexibility index (Phi) is 49.0. The molecule has 0 aromatic heterocycles. The van der Waals surface area contributed by atoms with Gasteiger partial charge in [0.1, 0.15) is 0 Å². The SMILES string of the molecule is C.CC(C)S(=O)(=O)Cl.CC(C)S(=O)(=O)NC[C@H](C)c1ccc(-c2ccc([C@@H](C)CNS(=O)(=O)C(C)C)cc2)cc1.CC(C)S(=O)(=O)NC[C@H](C)c1ccc(I)cc1.CC(C)S(=O)(=O)NC[C@H](C)c1ccccc1.C[C@@H](CN)c1ccccc1.II.[HH].[HH].[O-][I+3]([O-])([O-])OOO. The van der Waals surface area contributed by atoms with E-state index in [2.05, 4.69) is 106 Å². The van der Waals surface area contributed by atoms with Gasteiger partial charge in [-0.3, -0.25) is 10.3 Å².